The second kappa shape index (κ2) is 10.0. The van der Waals surface area contributed by atoms with Crippen LogP contribution in [-0.2, 0) is 22.5 Å². The lowest BCUT2D eigenvalue weighted by Gasteiger charge is -2.28. The van der Waals surface area contributed by atoms with Gasteiger partial charge < -0.3 is 19.1 Å². The predicted octanol–water partition coefficient (Wildman–Crippen LogP) is 3.67. The van der Waals surface area contributed by atoms with E-state index in [1.54, 1.807) is 14.2 Å². The molecule has 0 aliphatic carbocycles. The number of carbonyl (C=O) groups is 1. The number of rotatable bonds is 7. The van der Waals surface area contributed by atoms with Crippen molar-refractivity contribution in [3.05, 3.63) is 35.0 Å². The van der Waals surface area contributed by atoms with Crippen LogP contribution in [0.15, 0.2) is 23.2 Å². The molecule has 0 saturated carbocycles. The molecule has 0 radical (unpaired) electrons. The molecule has 1 aliphatic heterocycles. The van der Waals surface area contributed by atoms with E-state index in [4.69, 9.17) is 19.2 Å². The van der Waals surface area contributed by atoms with Gasteiger partial charge in [-0.1, -0.05) is 17.8 Å². The summed E-state index contributed by atoms with van der Waals surface area (Å²) in [5.41, 5.74) is 4.14. The molecule has 0 N–H and O–H groups in total. The third kappa shape index (κ3) is 5.12. The SMILES string of the molecule is COc1ccc(-c2c(C#N)c(SCC(=O)OC(C)C)nc3c2CN(C)CC3)cc1OC. The molecular weight excluding hydrogens is 414 g/mol. The van der Waals surface area contributed by atoms with Crippen molar-refractivity contribution < 1.29 is 19.0 Å². The number of nitrogens with zero attached hydrogens (tertiary/aromatic N) is 3. The maximum absolute atomic E-state index is 12.1. The molecule has 0 bridgehead atoms. The van der Waals surface area contributed by atoms with E-state index in [0.29, 0.717) is 28.6 Å². The Hall–Kier alpha value is -2.76. The lowest BCUT2D eigenvalue weighted by atomic mass is 9.91. The van der Waals surface area contributed by atoms with Crippen molar-refractivity contribution >= 4 is 17.7 Å². The number of fused-ring (bicyclic) bond motifs is 1. The van der Waals surface area contributed by atoms with Gasteiger partial charge in [-0.15, -0.1) is 0 Å². The van der Waals surface area contributed by atoms with Crippen LogP contribution < -0.4 is 9.47 Å². The molecule has 7 nitrogen and oxygen atoms in total. The molecule has 1 aromatic heterocycles. The van der Waals surface area contributed by atoms with Gasteiger partial charge in [0.25, 0.3) is 0 Å². The van der Waals surface area contributed by atoms with E-state index in [9.17, 15) is 10.1 Å². The lowest BCUT2D eigenvalue weighted by molar-refractivity contribution is -0.144. The Balaban J connectivity index is 2.12. The number of methoxy groups -OCH3 is 2. The molecule has 1 aliphatic rings. The molecule has 0 spiro atoms. The Kier molecular flexibility index (Phi) is 7.42. The Labute approximate surface area is 187 Å². The summed E-state index contributed by atoms with van der Waals surface area (Å²) in [6.45, 7) is 5.20. The van der Waals surface area contributed by atoms with Crippen molar-refractivity contribution in [3.8, 4) is 28.7 Å². The van der Waals surface area contributed by atoms with Gasteiger partial charge in [0.2, 0.25) is 0 Å². The summed E-state index contributed by atoms with van der Waals surface area (Å²) in [5.74, 6) is 0.990. The fourth-order valence-corrected chi connectivity index (χ4v) is 4.40. The number of hydrogen-bond donors (Lipinski definition) is 0. The molecule has 8 heteroatoms. The molecule has 0 saturated heterocycles. The highest BCUT2D eigenvalue weighted by molar-refractivity contribution is 7.99. The van der Waals surface area contributed by atoms with Crippen LogP contribution in [0.25, 0.3) is 11.1 Å². The highest BCUT2D eigenvalue weighted by Crippen LogP contribution is 2.40. The first kappa shape index (κ1) is 22.9. The average Bonchev–Trinajstić information content (AvgIpc) is 2.75. The number of hydrogen-bond acceptors (Lipinski definition) is 8. The number of ether oxygens (including phenoxy) is 3. The van der Waals surface area contributed by atoms with Crippen molar-refractivity contribution in [2.45, 2.75) is 37.9 Å². The quantitative estimate of drug-likeness (QED) is 0.475. The van der Waals surface area contributed by atoms with E-state index in [0.717, 1.165) is 35.3 Å². The van der Waals surface area contributed by atoms with Gasteiger partial charge in [0.15, 0.2) is 11.5 Å². The van der Waals surface area contributed by atoms with Crippen molar-refractivity contribution in [1.29, 1.82) is 5.26 Å². The molecule has 0 amide bonds. The van der Waals surface area contributed by atoms with Crippen molar-refractivity contribution in [3.63, 3.8) is 0 Å². The number of carbonyl (C=O) groups excluding carboxylic acids is 1. The van der Waals surface area contributed by atoms with Crippen molar-refractivity contribution in [2.75, 3.05) is 33.6 Å². The summed E-state index contributed by atoms with van der Waals surface area (Å²) in [6, 6.07) is 7.97. The topological polar surface area (TPSA) is 84.7 Å². The molecule has 31 heavy (non-hydrogen) atoms. The Bertz CT molecular complexity index is 1020. The van der Waals surface area contributed by atoms with Gasteiger partial charge in [-0.05, 0) is 44.2 Å². The normalized spacial score (nSPS) is 13.5. The van der Waals surface area contributed by atoms with Crippen LogP contribution in [0, 0.1) is 11.3 Å². The minimum atomic E-state index is -0.323. The standard InChI is InChI=1S/C23H27N3O4S/c1-14(2)30-21(27)13-31-23-16(11-24)22(17-12-26(3)9-8-18(17)25-23)15-6-7-19(28-4)20(10-15)29-5/h6-7,10,14H,8-9,12-13H2,1-5H3. The third-order valence-corrected chi connectivity index (χ3v) is 5.94. The number of esters is 1. The van der Waals surface area contributed by atoms with Gasteiger partial charge in [-0.2, -0.15) is 5.26 Å². The van der Waals surface area contributed by atoms with Crippen LogP contribution in [0.3, 0.4) is 0 Å². The number of likely N-dealkylation sites (N-methyl/N-ethyl adjacent to an activating group) is 1. The van der Waals surface area contributed by atoms with Gasteiger partial charge in [-0.25, -0.2) is 4.98 Å². The first-order chi connectivity index (χ1) is 14.9. The van der Waals surface area contributed by atoms with Crippen molar-refractivity contribution in [1.82, 2.24) is 9.88 Å². The second-order valence-electron chi connectivity index (χ2n) is 7.59. The minimum Gasteiger partial charge on any atom is -0.493 e. The van der Waals surface area contributed by atoms with E-state index in [1.165, 1.54) is 11.8 Å². The lowest BCUT2D eigenvalue weighted by Crippen LogP contribution is -2.28. The van der Waals surface area contributed by atoms with E-state index in [2.05, 4.69) is 18.0 Å². The van der Waals surface area contributed by atoms with Crippen LogP contribution in [0.1, 0.15) is 30.7 Å². The Morgan fingerprint density at radius 3 is 2.68 bits per heavy atom. The summed E-state index contributed by atoms with van der Waals surface area (Å²) in [6.07, 6.45) is 0.597. The number of thioether (sulfide) groups is 1. The molecule has 0 unspecified atom stereocenters. The van der Waals surface area contributed by atoms with E-state index >= 15 is 0 Å². The predicted molar refractivity (Wildman–Crippen MR) is 119 cm³/mol. The fraction of sp³-hybridized carbons (Fsp3) is 0.435. The second-order valence-corrected chi connectivity index (χ2v) is 8.55. The van der Waals surface area contributed by atoms with Gasteiger partial charge in [0, 0.05) is 30.8 Å². The largest absolute Gasteiger partial charge is 0.493 e. The van der Waals surface area contributed by atoms with Crippen molar-refractivity contribution in [2.24, 2.45) is 0 Å². The van der Waals surface area contributed by atoms with Crippen LogP contribution in [0.2, 0.25) is 0 Å². The van der Waals surface area contributed by atoms with Gasteiger partial charge in [-0.3, -0.25) is 4.79 Å². The Morgan fingerprint density at radius 2 is 2.03 bits per heavy atom. The maximum Gasteiger partial charge on any atom is 0.316 e. The van der Waals surface area contributed by atoms with Gasteiger partial charge in [0.05, 0.1) is 31.6 Å². The average molecular weight is 442 g/mol. The van der Waals surface area contributed by atoms with Gasteiger partial charge >= 0.3 is 5.97 Å². The summed E-state index contributed by atoms with van der Waals surface area (Å²) in [4.78, 5) is 19.1. The van der Waals surface area contributed by atoms with Crippen LogP contribution in [0.5, 0.6) is 11.5 Å². The van der Waals surface area contributed by atoms with E-state index in [-0.39, 0.29) is 17.8 Å². The zero-order chi connectivity index (χ0) is 22.5. The zero-order valence-corrected chi connectivity index (χ0v) is 19.3. The molecular formula is C23H27N3O4S. The van der Waals surface area contributed by atoms with Gasteiger partial charge in [0.1, 0.15) is 11.1 Å². The van der Waals surface area contributed by atoms with E-state index in [1.807, 2.05) is 32.0 Å². The molecule has 3 rings (SSSR count). The number of aromatic nitrogens is 1. The summed E-state index contributed by atoms with van der Waals surface area (Å²) in [7, 11) is 5.23. The summed E-state index contributed by atoms with van der Waals surface area (Å²) < 4.78 is 16.1. The zero-order valence-electron chi connectivity index (χ0n) is 18.5. The van der Waals surface area contributed by atoms with Crippen LogP contribution in [-0.4, -0.2) is 55.5 Å². The van der Waals surface area contributed by atoms with Crippen LogP contribution in [0.4, 0.5) is 0 Å². The first-order valence-electron chi connectivity index (χ1n) is 10.1. The Morgan fingerprint density at radius 1 is 1.29 bits per heavy atom. The maximum atomic E-state index is 12.1. The first-order valence-corrected chi connectivity index (χ1v) is 11.1. The molecule has 0 atom stereocenters. The number of nitriles is 1. The van der Waals surface area contributed by atoms with Crippen LogP contribution >= 0.6 is 11.8 Å². The molecule has 2 aromatic rings. The molecule has 1 aromatic carbocycles. The monoisotopic (exact) mass is 441 g/mol. The molecule has 164 valence electrons. The smallest absolute Gasteiger partial charge is 0.316 e. The molecule has 2 heterocycles. The fourth-order valence-electron chi connectivity index (χ4n) is 3.61. The highest BCUT2D eigenvalue weighted by Gasteiger charge is 2.26. The summed E-state index contributed by atoms with van der Waals surface area (Å²) in [5, 5.41) is 10.6. The molecule has 0 fully saturated rings. The third-order valence-electron chi connectivity index (χ3n) is 4.99. The number of pyridine rings is 1. The van der Waals surface area contributed by atoms with E-state index < -0.39 is 0 Å². The summed E-state index contributed by atoms with van der Waals surface area (Å²) >= 11 is 1.24. The number of benzene rings is 1. The highest BCUT2D eigenvalue weighted by atomic mass is 32.2. The minimum absolute atomic E-state index is 0.101.